The number of rotatable bonds is 0. The third-order valence-electron chi connectivity index (χ3n) is 3.72. The third kappa shape index (κ3) is 1.52. The Morgan fingerprint density at radius 3 is 2.65 bits per heavy atom. The van der Waals surface area contributed by atoms with Crippen LogP contribution < -0.4 is 15.4 Å². The predicted molar refractivity (Wildman–Crippen MR) is 68.0 cm³/mol. The number of hydrogen-bond acceptors (Lipinski definition) is 4. The Labute approximate surface area is 101 Å². The smallest absolute Gasteiger partial charge is 0.260 e. The first-order valence-electron chi connectivity index (χ1n) is 6.24. The molecule has 0 saturated heterocycles. The fraction of sp³-hybridized carbons (Fsp3) is 0.667. The maximum Gasteiger partial charge on any atom is 0.260 e. The molecule has 0 fully saturated rings. The summed E-state index contributed by atoms with van der Waals surface area (Å²) in [5, 5.41) is 0. The molecule has 2 aliphatic rings. The first kappa shape index (κ1) is 10.6. The van der Waals surface area contributed by atoms with Crippen LogP contribution >= 0.6 is 0 Å². The minimum Gasteiger partial charge on any atom is -0.359 e. The SMILES string of the molecule is CN1CCCc2c1nc1n(c2=O)CCCN1C. The van der Waals surface area contributed by atoms with E-state index in [9.17, 15) is 4.79 Å². The van der Waals surface area contributed by atoms with Gasteiger partial charge in [0.15, 0.2) is 0 Å². The molecule has 0 atom stereocenters. The highest BCUT2D eigenvalue weighted by molar-refractivity contribution is 5.52. The molecule has 0 amide bonds. The van der Waals surface area contributed by atoms with Crippen LogP contribution in [-0.2, 0) is 13.0 Å². The van der Waals surface area contributed by atoms with Gasteiger partial charge >= 0.3 is 0 Å². The zero-order valence-corrected chi connectivity index (χ0v) is 10.4. The quantitative estimate of drug-likeness (QED) is 0.654. The summed E-state index contributed by atoms with van der Waals surface area (Å²) < 4.78 is 1.83. The van der Waals surface area contributed by atoms with E-state index >= 15 is 0 Å². The highest BCUT2D eigenvalue weighted by Gasteiger charge is 2.25. The van der Waals surface area contributed by atoms with Crippen LogP contribution in [0.15, 0.2) is 4.79 Å². The molecule has 0 spiro atoms. The van der Waals surface area contributed by atoms with Gasteiger partial charge in [-0.05, 0) is 19.3 Å². The lowest BCUT2D eigenvalue weighted by molar-refractivity contribution is 0.541. The lowest BCUT2D eigenvalue weighted by Gasteiger charge is -2.32. The molecule has 0 aromatic carbocycles. The molecule has 3 rings (SSSR count). The van der Waals surface area contributed by atoms with Crippen molar-refractivity contribution in [3.63, 3.8) is 0 Å². The Balaban J connectivity index is 2.23. The topological polar surface area (TPSA) is 41.4 Å². The van der Waals surface area contributed by atoms with Crippen LogP contribution in [0.2, 0.25) is 0 Å². The lowest BCUT2D eigenvalue weighted by atomic mass is 10.1. The van der Waals surface area contributed by atoms with Crippen LogP contribution in [0, 0.1) is 0 Å². The fourth-order valence-electron chi connectivity index (χ4n) is 2.76. The Bertz CT molecular complexity index is 467. The van der Waals surface area contributed by atoms with E-state index in [1.165, 1.54) is 0 Å². The van der Waals surface area contributed by atoms with Crippen molar-refractivity contribution in [1.82, 2.24) is 9.55 Å². The van der Waals surface area contributed by atoms with E-state index < -0.39 is 0 Å². The molecule has 3 heterocycles. The first-order chi connectivity index (χ1) is 8.18. The van der Waals surface area contributed by atoms with E-state index in [-0.39, 0.29) is 5.56 Å². The van der Waals surface area contributed by atoms with Gasteiger partial charge in [0.2, 0.25) is 5.95 Å². The van der Waals surface area contributed by atoms with Crippen LogP contribution in [0.1, 0.15) is 18.4 Å². The molecular weight excluding hydrogens is 216 g/mol. The van der Waals surface area contributed by atoms with Gasteiger partial charge in [-0.2, -0.15) is 4.98 Å². The molecule has 1 aromatic heterocycles. The Hall–Kier alpha value is -1.52. The predicted octanol–water partition coefficient (Wildman–Crippen LogP) is 0.466. The zero-order valence-electron chi connectivity index (χ0n) is 10.4. The average Bonchev–Trinajstić information content (AvgIpc) is 2.32. The Kier molecular flexibility index (Phi) is 2.34. The molecule has 0 radical (unpaired) electrons. The van der Waals surface area contributed by atoms with E-state index in [1.54, 1.807) is 0 Å². The van der Waals surface area contributed by atoms with Crippen LogP contribution in [0.4, 0.5) is 11.8 Å². The summed E-state index contributed by atoms with van der Waals surface area (Å²) >= 11 is 0. The zero-order chi connectivity index (χ0) is 12.0. The van der Waals surface area contributed by atoms with Crippen LogP contribution in [0.3, 0.4) is 0 Å². The number of aromatic nitrogens is 2. The van der Waals surface area contributed by atoms with Gasteiger partial charge in [-0.1, -0.05) is 0 Å². The maximum atomic E-state index is 12.4. The normalized spacial score (nSPS) is 18.9. The van der Waals surface area contributed by atoms with Crippen molar-refractivity contribution in [2.75, 3.05) is 37.0 Å². The summed E-state index contributed by atoms with van der Waals surface area (Å²) in [6.45, 7) is 2.78. The number of hydrogen-bond donors (Lipinski definition) is 0. The van der Waals surface area contributed by atoms with E-state index in [0.717, 1.165) is 56.2 Å². The molecule has 0 aliphatic carbocycles. The standard InChI is InChI=1S/C12H18N4O/c1-14-6-3-5-9-10(14)13-12-15(2)7-4-8-16(12)11(9)17/h3-8H2,1-2H3. The van der Waals surface area contributed by atoms with Gasteiger partial charge in [0.25, 0.3) is 5.56 Å². The highest BCUT2D eigenvalue weighted by atomic mass is 16.1. The lowest BCUT2D eigenvalue weighted by Crippen LogP contribution is -2.40. The number of anilines is 2. The average molecular weight is 234 g/mol. The third-order valence-corrected chi connectivity index (χ3v) is 3.72. The second kappa shape index (κ2) is 3.75. The molecule has 0 unspecified atom stereocenters. The van der Waals surface area contributed by atoms with Gasteiger partial charge in [0.1, 0.15) is 5.82 Å². The molecule has 0 saturated carbocycles. The number of nitrogens with zero attached hydrogens (tertiary/aromatic N) is 4. The van der Waals surface area contributed by atoms with Crippen molar-refractivity contribution in [2.24, 2.45) is 0 Å². The summed E-state index contributed by atoms with van der Waals surface area (Å²) in [6, 6.07) is 0. The van der Waals surface area contributed by atoms with Gasteiger partial charge in [-0.3, -0.25) is 9.36 Å². The van der Waals surface area contributed by atoms with Crippen LogP contribution in [-0.4, -0.2) is 36.7 Å². The fourth-order valence-corrected chi connectivity index (χ4v) is 2.76. The van der Waals surface area contributed by atoms with Crippen molar-refractivity contribution in [3.8, 4) is 0 Å². The van der Waals surface area contributed by atoms with Crippen molar-refractivity contribution < 1.29 is 0 Å². The Morgan fingerprint density at radius 2 is 1.82 bits per heavy atom. The molecule has 17 heavy (non-hydrogen) atoms. The van der Waals surface area contributed by atoms with E-state index in [2.05, 4.69) is 9.80 Å². The van der Waals surface area contributed by atoms with Gasteiger partial charge in [0.05, 0.1) is 5.56 Å². The van der Waals surface area contributed by atoms with Crippen LogP contribution in [0.25, 0.3) is 0 Å². The highest BCUT2D eigenvalue weighted by Crippen LogP contribution is 2.25. The second-order valence-electron chi connectivity index (χ2n) is 4.97. The Morgan fingerprint density at radius 1 is 1.06 bits per heavy atom. The molecule has 1 aromatic rings. The molecule has 92 valence electrons. The molecule has 2 aliphatic heterocycles. The van der Waals surface area contributed by atoms with Crippen molar-refractivity contribution in [1.29, 1.82) is 0 Å². The second-order valence-corrected chi connectivity index (χ2v) is 4.97. The van der Waals surface area contributed by atoms with Crippen LogP contribution in [0.5, 0.6) is 0 Å². The summed E-state index contributed by atoms with van der Waals surface area (Å²) in [5.41, 5.74) is 1.07. The van der Waals surface area contributed by atoms with Gasteiger partial charge in [0, 0.05) is 33.7 Å². The van der Waals surface area contributed by atoms with E-state index in [1.807, 2.05) is 18.7 Å². The summed E-state index contributed by atoms with van der Waals surface area (Å²) in [7, 11) is 4.02. The minimum absolute atomic E-state index is 0.170. The minimum atomic E-state index is 0.170. The maximum absolute atomic E-state index is 12.4. The summed E-state index contributed by atoms with van der Waals surface area (Å²) in [5.74, 6) is 1.72. The van der Waals surface area contributed by atoms with E-state index in [0.29, 0.717) is 0 Å². The van der Waals surface area contributed by atoms with Gasteiger partial charge < -0.3 is 9.80 Å². The van der Waals surface area contributed by atoms with Gasteiger partial charge in [-0.25, -0.2) is 0 Å². The molecule has 5 heteroatoms. The monoisotopic (exact) mass is 234 g/mol. The van der Waals surface area contributed by atoms with Gasteiger partial charge in [-0.15, -0.1) is 0 Å². The van der Waals surface area contributed by atoms with Crippen molar-refractivity contribution in [2.45, 2.75) is 25.8 Å². The largest absolute Gasteiger partial charge is 0.359 e. The van der Waals surface area contributed by atoms with Crippen molar-refractivity contribution in [3.05, 3.63) is 15.9 Å². The van der Waals surface area contributed by atoms with Crippen molar-refractivity contribution >= 4 is 11.8 Å². The molecule has 0 N–H and O–H groups in total. The molecule has 0 bridgehead atoms. The summed E-state index contributed by atoms with van der Waals surface area (Å²) in [4.78, 5) is 21.3. The van der Waals surface area contributed by atoms with E-state index in [4.69, 9.17) is 4.98 Å². The number of fused-ring (bicyclic) bond motifs is 2. The summed E-state index contributed by atoms with van der Waals surface area (Å²) in [6.07, 6.45) is 2.95. The molecule has 5 nitrogen and oxygen atoms in total. The first-order valence-corrected chi connectivity index (χ1v) is 6.24. The molecular formula is C12H18N4O.